The van der Waals surface area contributed by atoms with Gasteiger partial charge >= 0.3 is 0 Å². The first kappa shape index (κ1) is 22.2. The lowest BCUT2D eigenvalue weighted by atomic mass is 9.78. The molecule has 1 fully saturated rings. The lowest BCUT2D eigenvalue weighted by Gasteiger charge is -2.35. The van der Waals surface area contributed by atoms with E-state index in [1.165, 1.54) is 4.90 Å². The summed E-state index contributed by atoms with van der Waals surface area (Å²) in [4.78, 5) is 25.9. The number of anilines is 1. The van der Waals surface area contributed by atoms with E-state index >= 15 is 0 Å². The quantitative estimate of drug-likeness (QED) is 0.744. The molecule has 0 unspecified atom stereocenters. The zero-order chi connectivity index (χ0) is 18.3. The number of halogens is 1. The number of likely N-dealkylation sites (N-methyl/N-ethyl adjacent to an activating group) is 1. The van der Waals surface area contributed by atoms with Gasteiger partial charge in [0.1, 0.15) is 5.75 Å². The highest BCUT2D eigenvalue weighted by Gasteiger charge is 2.39. The largest absolute Gasteiger partial charge is 0.484 e. The maximum atomic E-state index is 12.8. The van der Waals surface area contributed by atoms with Gasteiger partial charge in [-0.25, -0.2) is 0 Å². The Bertz CT molecular complexity index is 598. The van der Waals surface area contributed by atoms with Crippen molar-refractivity contribution in [2.45, 2.75) is 12.8 Å². The van der Waals surface area contributed by atoms with Crippen molar-refractivity contribution in [1.29, 1.82) is 0 Å². The Morgan fingerprint density at radius 3 is 2.58 bits per heavy atom. The molecule has 0 spiro atoms. The van der Waals surface area contributed by atoms with Crippen LogP contribution in [0, 0.1) is 5.41 Å². The highest BCUT2D eigenvalue weighted by atomic mass is 35.5. The van der Waals surface area contributed by atoms with Crippen LogP contribution in [0.1, 0.15) is 12.8 Å². The minimum atomic E-state index is -0.516. The molecule has 0 bridgehead atoms. The van der Waals surface area contributed by atoms with E-state index in [1.807, 2.05) is 0 Å². The van der Waals surface area contributed by atoms with Crippen molar-refractivity contribution in [2.24, 2.45) is 5.41 Å². The lowest BCUT2D eigenvalue weighted by molar-refractivity contribution is -0.131. The molecule has 146 valence electrons. The average Bonchev–Trinajstić information content (AvgIpc) is 2.61. The molecule has 0 aliphatic carbocycles. The van der Waals surface area contributed by atoms with Crippen LogP contribution in [0.25, 0.3) is 0 Å². The second-order valence-corrected chi connectivity index (χ2v) is 6.52. The Morgan fingerprint density at radius 1 is 1.27 bits per heavy atom. The van der Waals surface area contributed by atoms with Gasteiger partial charge in [-0.3, -0.25) is 9.59 Å². The second-order valence-electron chi connectivity index (χ2n) is 6.52. The van der Waals surface area contributed by atoms with Crippen molar-refractivity contribution in [2.75, 3.05) is 52.8 Å². The Balaban J connectivity index is 0.00000338. The van der Waals surface area contributed by atoms with Crippen molar-refractivity contribution in [1.82, 2.24) is 10.2 Å². The summed E-state index contributed by atoms with van der Waals surface area (Å²) in [6, 6.07) is 7.08. The number of carbonyl (C=O) groups excluding carboxylic acids is 2. The van der Waals surface area contributed by atoms with Crippen LogP contribution in [0.2, 0.25) is 0 Å². The molecule has 1 aromatic carbocycles. The summed E-state index contributed by atoms with van der Waals surface area (Å²) in [6.45, 7) is 1.96. The molecular weight excluding hydrogens is 358 g/mol. The van der Waals surface area contributed by atoms with Crippen LogP contribution >= 0.6 is 12.4 Å². The number of methoxy groups -OCH3 is 1. The zero-order valence-electron chi connectivity index (χ0n) is 15.5. The number of hydrogen-bond donors (Lipinski definition) is 2. The zero-order valence-corrected chi connectivity index (χ0v) is 16.4. The molecule has 1 aliphatic heterocycles. The molecule has 7 nitrogen and oxygen atoms in total. The number of rotatable bonds is 7. The summed E-state index contributed by atoms with van der Waals surface area (Å²) < 4.78 is 10.8. The maximum absolute atomic E-state index is 12.8. The van der Waals surface area contributed by atoms with E-state index in [-0.39, 0.29) is 30.8 Å². The topological polar surface area (TPSA) is 79.9 Å². The maximum Gasteiger partial charge on any atom is 0.259 e. The fraction of sp³-hybridized carbons (Fsp3) is 0.556. The number of carbonyl (C=O) groups is 2. The summed E-state index contributed by atoms with van der Waals surface area (Å²) in [5.74, 6) is 0.375. The van der Waals surface area contributed by atoms with Crippen LogP contribution in [0.5, 0.6) is 5.75 Å². The Hall–Kier alpha value is -1.83. The SMILES string of the molecule is COCC1(C(=O)Nc2cccc(OCC(=O)N(C)C)c2)CCNCC1.Cl. The lowest BCUT2D eigenvalue weighted by Crippen LogP contribution is -2.47. The molecule has 1 saturated heterocycles. The van der Waals surface area contributed by atoms with Crippen molar-refractivity contribution < 1.29 is 19.1 Å². The van der Waals surface area contributed by atoms with E-state index in [2.05, 4.69) is 10.6 Å². The first-order valence-corrected chi connectivity index (χ1v) is 8.41. The minimum Gasteiger partial charge on any atom is -0.484 e. The number of nitrogens with zero attached hydrogens (tertiary/aromatic N) is 1. The van der Waals surface area contributed by atoms with Gasteiger partial charge in [-0.05, 0) is 38.1 Å². The summed E-state index contributed by atoms with van der Waals surface area (Å²) >= 11 is 0. The highest BCUT2D eigenvalue weighted by Crippen LogP contribution is 2.31. The van der Waals surface area contributed by atoms with Crippen molar-refractivity contribution >= 4 is 29.9 Å². The monoisotopic (exact) mass is 385 g/mol. The van der Waals surface area contributed by atoms with E-state index in [9.17, 15) is 9.59 Å². The van der Waals surface area contributed by atoms with E-state index in [0.29, 0.717) is 18.0 Å². The number of piperidine rings is 1. The molecule has 1 aromatic rings. The molecule has 0 atom stereocenters. The van der Waals surface area contributed by atoms with Gasteiger partial charge in [0.15, 0.2) is 6.61 Å². The predicted octanol–water partition coefficient (Wildman–Crippen LogP) is 1.53. The number of amides is 2. The number of nitrogens with one attached hydrogen (secondary N) is 2. The van der Waals surface area contributed by atoms with Gasteiger partial charge in [0, 0.05) is 33.0 Å². The van der Waals surface area contributed by atoms with Gasteiger partial charge < -0.3 is 25.0 Å². The number of benzene rings is 1. The molecule has 0 aromatic heterocycles. The van der Waals surface area contributed by atoms with E-state index < -0.39 is 5.41 Å². The summed E-state index contributed by atoms with van der Waals surface area (Å²) in [5, 5.41) is 6.24. The van der Waals surface area contributed by atoms with Gasteiger partial charge in [0.05, 0.1) is 12.0 Å². The van der Waals surface area contributed by atoms with Gasteiger partial charge in [0.25, 0.3) is 5.91 Å². The van der Waals surface area contributed by atoms with Crippen LogP contribution in [0.3, 0.4) is 0 Å². The predicted molar refractivity (Wildman–Crippen MR) is 103 cm³/mol. The van der Waals surface area contributed by atoms with Crippen molar-refractivity contribution in [3.63, 3.8) is 0 Å². The molecule has 1 heterocycles. The Morgan fingerprint density at radius 2 is 1.96 bits per heavy atom. The third-order valence-corrected chi connectivity index (χ3v) is 4.42. The molecule has 8 heteroatoms. The summed E-state index contributed by atoms with van der Waals surface area (Å²) in [5.41, 5.74) is 0.131. The molecule has 2 amide bonds. The first-order valence-electron chi connectivity index (χ1n) is 8.41. The minimum absolute atomic E-state index is 0. The third kappa shape index (κ3) is 5.86. The summed E-state index contributed by atoms with van der Waals surface area (Å²) in [7, 11) is 4.97. The van der Waals surface area contributed by atoms with Crippen LogP contribution in [0.4, 0.5) is 5.69 Å². The Labute approximate surface area is 160 Å². The standard InChI is InChI=1S/C18H27N3O4.ClH/c1-21(2)16(22)12-25-15-6-4-5-14(11-15)20-17(23)18(13-24-3)7-9-19-10-8-18;/h4-6,11,19H,7-10,12-13H2,1-3H3,(H,20,23);1H. The molecule has 1 aliphatic rings. The van der Waals surface area contributed by atoms with E-state index in [0.717, 1.165) is 25.9 Å². The molecule has 0 saturated carbocycles. The van der Waals surface area contributed by atoms with Gasteiger partial charge in [-0.15, -0.1) is 12.4 Å². The smallest absolute Gasteiger partial charge is 0.259 e. The van der Waals surface area contributed by atoms with Crippen LogP contribution < -0.4 is 15.4 Å². The number of hydrogen-bond acceptors (Lipinski definition) is 5. The van der Waals surface area contributed by atoms with Gasteiger partial charge in [-0.2, -0.15) is 0 Å². The molecule has 2 N–H and O–H groups in total. The van der Waals surface area contributed by atoms with Crippen LogP contribution in [-0.4, -0.2) is 64.2 Å². The number of ether oxygens (including phenoxy) is 2. The molecular formula is C18H28ClN3O4. The molecule has 0 radical (unpaired) electrons. The average molecular weight is 386 g/mol. The van der Waals surface area contributed by atoms with E-state index in [4.69, 9.17) is 9.47 Å². The van der Waals surface area contributed by atoms with Gasteiger partial charge in [-0.1, -0.05) is 6.07 Å². The molecule has 2 rings (SSSR count). The molecule has 26 heavy (non-hydrogen) atoms. The normalized spacial score (nSPS) is 15.5. The Kier molecular flexibility index (Phi) is 8.84. The summed E-state index contributed by atoms with van der Waals surface area (Å²) in [6.07, 6.45) is 1.47. The van der Waals surface area contributed by atoms with Crippen LogP contribution in [0.15, 0.2) is 24.3 Å². The fourth-order valence-electron chi connectivity index (χ4n) is 2.82. The van der Waals surface area contributed by atoms with Gasteiger partial charge in [0.2, 0.25) is 5.91 Å². The fourth-order valence-corrected chi connectivity index (χ4v) is 2.82. The van der Waals surface area contributed by atoms with Crippen molar-refractivity contribution in [3.05, 3.63) is 24.3 Å². The first-order chi connectivity index (χ1) is 12.0. The van der Waals surface area contributed by atoms with E-state index in [1.54, 1.807) is 45.5 Å². The van der Waals surface area contributed by atoms with Crippen molar-refractivity contribution in [3.8, 4) is 5.75 Å². The second kappa shape index (κ2) is 10.4. The third-order valence-electron chi connectivity index (χ3n) is 4.42. The van der Waals surface area contributed by atoms with Crippen LogP contribution in [-0.2, 0) is 14.3 Å². The highest BCUT2D eigenvalue weighted by molar-refractivity contribution is 5.95.